The molecule has 0 aliphatic carbocycles. The number of hydrogen-bond acceptors (Lipinski definition) is 7. The summed E-state index contributed by atoms with van der Waals surface area (Å²) in [5.74, 6) is 0.861. The van der Waals surface area contributed by atoms with E-state index < -0.39 is 19.1 Å². The van der Waals surface area contributed by atoms with Gasteiger partial charge in [-0.2, -0.15) is 0 Å². The molecular weight excluding hydrogens is 579 g/mol. The van der Waals surface area contributed by atoms with Crippen LogP contribution in [-0.2, 0) is 19.1 Å². The zero-order valence-electron chi connectivity index (χ0n) is 19.6. The summed E-state index contributed by atoms with van der Waals surface area (Å²) < 4.78 is 48.1. The van der Waals surface area contributed by atoms with Gasteiger partial charge in [-0.15, -0.1) is 0 Å². The maximum absolute atomic E-state index is 12.1. The highest BCUT2D eigenvalue weighted by atomic mass is 35.7. The van der Waals surface area contributed by atoms with E-state index in [-0.39, 0.29) is 25.7 Å². The summed E-state index contributed by atoms with van der Waals surface area (Å²) in [6.45, 7) is 3.70. The predicted octanol–water partition coefficient (Wildman–Crippen LogP) is 6.08. The Kier molecular flexibility index (Phi) is 11.1. The van der Waals surface area contributed by atoms with Crippen LogP contribution in [0.1, 0.15) is 11.4 Å². The van der Waals surface area contributed by atoms with Crippen molar-refractivity contribution in [2.45, 2.75) is 23.6 Å². The molecule has 37 heavy (non-hydrogen) atoms. The highest BCUT2D eigenvalue weighted by Gasteiger charge is 2.17. The molecule has 0 aliphatic heterocycles. The van der Waals surface area contributed by atoms with Crippen LogP contribution in [0.3, 0.4) is 0 Å². The van der Waals surface area contributed by atoms with Crippen LogP contribution < -0.4 is 10.5 Å². The van der Waals surface area contributed by atoms with Gasteiger partial charge in [0.2, 0.25) is 0 Å². The molecule has 0 amide bonds. The number of anilines is 2. The van der Waals surface area contributed by atoms with Crippen LogP contribution in [0.5, 0.6) is 0 Å². The summed E-state index contributed by atoms with van der Waals surface area (Å²) in [5, 5.41) is 0.320. The topological polar surface area (TPSA) is 132 Å². The van der Waals surface area contributed by atoms with Crippen LogP contribution in [-0.4, -0.2) is 26.8 Å². The molecule has 4 rings (SSSR count). The standard InChI is InChI=1S/C12H11ClN2O2S.C6H4Cl2O2S.C6H8N2/c1-9-5-4-8-12(14-9)15-18(16,17)11-7-3-2-6-10(11)13;7-5-3-1-2-4-6(5)11(8,9)10;1-5-3-2-4-6(7)8-5/h2-8H,1H3,(H,14,15);1-4H;2-4H,1H3,(H2,7,8). The number of sulfonamides is 1. The van der Waals surface area contributed by atoms with Gasteiger partial charge >= 0.3 is 0 Å². The molecule has 4 aromatic rings. The Bertz CT molecular complexity index is 1550. The van der Waals surface area contributed by atoms with Gasteiger partial charge in [0.05, 0.1) is 10.0 Å². The minimum absolute atomic E-state index is 0.0370. The van der Waals surface area contributed by atoms with E-state index >= 15 is 0 Å². The molecule has 8 nitrogen and oxygen atoms in total. The van der Waals surface area contributed by atoms with Crippen LogP contribution in [0.25, 0.3) is 0 Å². The third kappa shape index (κ3) is 10.2. The number of nitrogens with one attached hydrogen (secondary N) is 1. The SMILES string of the molecule is Cc1cccc(N)n1.Cc1cccc(NS(=O)(=O)c2ccccc2Cl)n1.O=S(=O)(Cl)c1ccccc1Cl. The molecular formula is C24H23Cl3N4O4S2. The van der Waals surface area contributed by atoms with Crippen molar-refractivity contribution in [3.05, 3.63) is 106 Å². The van der Waals surface area contributed by atoms with Crippen LogP contribution in [0.2, 0.25) is 10.0 Å². The summed E-state index contributed by atoms with van der Waals surface area (Å²) >= 11 is 11.4. The van der Waals surface area contributed by atoms with E-state index in [2.05, 4.69) is 14.7 Å². The van der Waals surface area contributed by atoms with Crippen molar-refractivity contribution >= 4 is 64.6 Å². The molecule has 0 radical (unpaired) electrons. The maximum atomic E-state index is 12.1. The third-order valence-electron chi connectivity index (χ3n) is 4.26. The number of nitrogen functional groups attached to an aromatic ring is 1. The monoisotopic (exact) mass is 600 g/mol. The van der Waals surface area contributed by atoms with Crippen molar-refractivity contribution in [1.82, 2.24) is 9.97 Å². The lowest BCUT2D eigenvalue weighted by molar-refractivity contribution is 0.600. The second kappa shape index (κ2) is 13.6. The lowest BCUT2D eigenvalue weighted by atomic mass is 10.4. The number of hydrogen-bond donors (Lipinski definition) is 2. The number of halogens is 3. The van der Waals surface area contributed by atoms with E-state index in [1.807, 2.05) is 19.1 Å². The predicted molar refractivity (Wildman–Crippen MR) is 149 cm³/mol. The number of aromatic nitrogens is 2. The summed E-state index contributed by atoms with van der Waals surface area (Å²) in [5.41, 5.74) is 7.04. The lowest BCUT2D eigenvalue weighted by Gasteiger charge is -2.08. The quantitative estimate of drug-likeness (QED) is 0.271. The molecule has 0 bridgehead atoms. The molecule has 0 fully saturated rings. The Morgan fingerprint density at radius 1 is 0.676 bits per heavy atom. The Balaban J connectivity index is 0.000000215. The first-order valence-corrected chi connectivity index (χ1v) is 14.9. The van der Waals surface area contributed by atoms with Gasteiger partial charge in [0.15, 0.2) is 0 Å². The fourth-order valence-corrected chi connectivity index (χ4v) is 5.69. The van der Waals surface area contributed by atoms with Gasteiger partial charge in [-0.05, 0) is 62.4 Å². The molecule has 3 N–H and O–H groups in total. The van der Waals surface area contributed by atoms with Crippen LogP contribution in [0.4, 0.5) is 11.6 Å². The zero-order valence-corrected chi connectivity index (χ0v) is 23.5. The lowest BCUT2D eigenvalue weighted by Crippen LogP contribution is -2.14. The second-order valence-electron chi connectivity index (χ2n) is 7.27. The molecule has 13 heteroatoms. The van der Waals surface area contributed by atoms with E-state index in [1.54, 1.807) is 55.5 Å². The second-order valence-corrected chi connectivity index (χ2v) is 12.3. The number of nitrogens with zero attached hydrogens (tertiary/aromatic N) is 2. The number of pyridine rings is 2. The van der Waals surface area contributed by atoms with E-state index in [0.717, 1.165) is 11.4 Å². The van der Waals surface area contributed by atoms with Crippen LogP contribution in [0.15, 0.2) is 94.7 Å². The minimum Gasteiger partial charge on any atom is -0.384 e. The summed E-state index contributed by atoms with van der Waals surface area (Å²) in [6, 6.07) is 22.9. The summed E-state index contributed by atoms with van der Waals surface area (Å²) in [7, 11) is -2.35. The first-order chi connectivity index (χ1) is 17.3. The normalized spacial score (nSPS) is 10.8. The van der Waals surface area contributed by atoms with E-state index in [9.17, 15) is 16.8 Å². The molecule has 0 saturated heterocycles. The van der Waals surface area contributed by atoms with Gasteiger partial charge in [0.25, 0.3) is 19.1 Å². The largest absolute Gasteiger partial charge is 0.384 e. The molecule has 0 aliphatic rings. The summed E-state index contributed by atoms with van der Waals surface area (Å²) in [6.07, 6.45) is 0. The molecule has 0 atom stereocenters. The van der Waals surface area contributed by atoms with Crippen molar-refractivity contribution in [1.29, 1.82) is 0 Å². The highest BCUT2D eigenvalue weighted by Crippen LogP contribution is 2.24. The molecule has 2 heterocycles. The van der Waals surface area contributed by atoms with Crippen LogP contribution in [0, 0.1) is 13.8 Å². The number of nitrogens with two attached hydrogens (primary N) is 1. The number of rotatable bonds is 4. The van der Waals surface area contributed by atoms with Gasteiger partial charge < -0.3 is 5.73 Å². The summed E-state index contributed by atoms with van der Waals surface area (Å²) in [4.78, 5) is 8.02. The Labute approximate surface area is 230 Å². The van der Waals surface area contributed by atoms with Gasteiger partial charge in [0, 0.05) is 22.1 Å². The smallest absolute Gasteiger partial charge is 0.264 e. The molecule has 0 unspecified atom stereocenters. The van der Waals surface area contributed by atoms with E-state index in [1.165, 1.54) is 24.3 Å². The third-order valence-corrected chi connectivity index (χ3v) is 7.94. The van der Waals surface area contributed by atoms with Gasteiger partial charge in [0.1, 0.15) is 21.4 Å². The molecule has 196 valence electrons. The average Bonchev–Trinajstić information content (AvgIpc) is 2.79. The fraction of sp³-hybridized carbons (Fsp3) is 0.0833. The van der Waals surface area contributed by atoms with E-state index in [4.69, 9.17) is 39.6 Å². The van der Waals surface area contributed by atoms with Gasteiger partial charge in [-0.3, -0.25) is 4.72 Å². The Hall–Kier alpha value is -2.89. The molecule has 2 aromatic heterocycles. The number of aryl methyl sites for hydroxylation is 2. The van der Waals surface area contributed by atoms with Crippen molar-refractivity contribution in [3.63, 3.8) is 0 Å². The van der Waals surface area contributed by atoms with Crippen molar-refractivity contribution in [2.75, 3.05) is 10.5 Å². The Morgan fingerprint density at radius 2 is 1.16 bits per heavy atom. The molecule has 0 spiro atoms. The van der Waals surface area contributed by atoms with Crippen molar-refractivity contribution in [3.8, 4) is 0 Å². The fourth-order valence-electron chi connectivity index (χ4n) is 2.66. The van der Waals surface area contributed by atoms with Crippen molar-refractivity contribution in [2.24, 2.45) is 0 Å². The van der Waals surface area contributed by atoms with E-state index in [0.29, 0.717) is 5.82 Å². The molecule has 2 aromatic carbocycles. The molecule has 0 saturated carbocycles. The van der Waals surface area contributed by atoms with Gasteiger partial charge in [-0.25, -0.2) is 26.8 Å². The van der Waals surface area contributed by atoms with Crippen molar-refractivity contribution < 1.29 is 16.8 Å². The first-order valence-electron chi connectivity index (χ1n) is 10.4. The average molecular weight is 602 g/mol. The minimum atomic E-state index is -3.71. The zero-order chi connectivity index (χ0) is 27.6. The highest BCUT2D eigenvalue weighted by molar-refractivity contribution is 8.13. The number of benzene rings is 2. The van der Waals surface area contributed by atoms with Gasteiger partial charge in [-0.1, -0.05) is 59.6 Å². The Morgan fingerprint density at radius 3 is 1.57 bits per heavy atom. The van der Waals surface area contributed by atoms with Crippen LogP contribution >= 0.6 is 33.9 Å². The maximum Gasteiger partial charge on any atom is 0.264 e. The first kappa shape index (κ1) is 30.3.